The predicted molar refractivity (Wildman–Crippen MR) is 121 cm³/mol. The fraction of sp³-hybridized carbons (Fsp3) is 0.100. The van der Waals surface area contributed by atoms with Crippen molar-refractivity contribution in [2.45, 2.75) is 13.8 Å². The Bertz CT molecular complexity index is 1130. The van der Waals surface area contributed by atoms with Gasteiger partial charge in [-0.1, -0.05) is 6.07 Å². The van der Waals surface area contributed by atoms with E-state index in [1.807, 2.05) is 26.0 Å². The summed E-state index contributed by atoms with van der Waals surface area (Å²) in [6, 6.07) is 12.5. The van der Waals surface area contributed by atoms with E-state index in [-0.39, 0.29) is 18.8 Å². The van der Waals surface area contributed by atoms with Gasteiger partial charge >= 0.3 is 33.3 Å². The number of nitro benzene ring substituents is 2. The van der Waals surface area contributed by atoms with Gasteiger partial charge in [0.05, 0.1) is 39.7 Å². The number of hydrogen-bond acceptors (Lipinski definition) is 7. The first kappa shape index (κ1) is 25.2. The molecule has 168 valence electrons. The number of aryl methyl sites for hydroxylation is 2. The first-order chi connectivity index (χ1) is 15.2. The SMILES string of the molecule is Cc1cc(C)cc(N=Cc2ccc(C=Nc3cc([N+](=O)[O-])cc([N+](=O)[O-])c3)o2)c1.[Cl][Fe][Cl]. The van der Waals surface area contributed by atoms with Gasteiger partial charge in [0, 0.05) is 12.1 Å². The van der Waals surface area contributed by atoms with Crippen LogP contribution in [0.15, 0.2) is 62.9 Å². The van der Waals surface area contributed by atoms with Gasteiger partial charge < -0.3 is 4.42 Å². The number of nitro groups is 2. The van der Waals surface area contributed by atoms with Crippen molar-refractivity contribution in [3.05, 3.63) is 91.4 Å². The fourth-order valence-corrected chi connectivity index (χ4v) is 2.67. The molecule has 9 nitrogen and oxygen atoms in total. The zero-order chi connectivity index (χ0) is 23.7. The number of hydrogen-bond donors (Lipinski definition) is 0. The molecule has 0 unspecified atom stereocenters. The van der Waals surface area contributed by atoms with E-state index < -0.39 is 21.2 Å². The summed E-state index contributed by atoms with van der Waals surface area (Å²) in [5, 5.41) is 21.9. The maximum absolute atomic E-state index is 10.9. The molecule has 1 heterocycles. The summed E-state index contributed by atoms with van der Waals surface area (Å²) in [4.78, 5) is 28.9. The Labute approximate surface area is 197 Å². The Hall–Kier alpha value is -3.04. The van der Waals surface area contributed by atoms with Gasteiger partial charge in [-0.3, -0.25) is 30.2 Å². The maximum atomic E-state index is 10.9. The van der Waals surface area contributed by atoms with Crippen LogP contribution in [0.5, 0.6) is 0 Å². The van der Waals surface area contributed by atoms with Crippen LogP contribution in [0.3, 0.4) is 0 Å². The van der Waals surface area contributed by atoms with E-state index in [1.54, 1.807) is 18.3 Å². The number of nitrogens with zero attached hydrogens (tertiary/aromatic N) is 4. The average Bonchev–Trinajstić information content (AvgIpc) is 3.18. The summed E-state index contributed by atoms with van der Waals surface area (Å²) in [5.74, 6) is 0.872. The van der Waals surface area contributed by atoms with Crippen LogP contribution in [0.2, 0.25) is 0 Å². The quantitative estimate of drug-likeness (QED) is 0.157. The molecule has 0 saturated heterocycles. The van der Waals surface area contributed by atoms with E-state index in [2.05, 4.69) is 16.1 Å². The van der Waals surface area contributed by atoms with E-state index in [0.29, 0.717) is 11.5 Å². The average molecular weight is 519 g/mol. The number of furan rings is 1. The van der Waals surface area contributed by atoms with Crippen LogP contribution < -0.4 is 0 Å². The van der Waals surface area contributed by atoms with E-state index in [1.165, 1.54) is 6.21 Å². The second-order valence-electron chi connectivity index (χ2n) is 6.37. The molecule has 3 aromatic rings. The van der Waals surface area contributed by atoms with Crippen molar-refractivity contribution in [2.75, 3.05) is 0 Å². The van der Waals surface area contributed by atoms with Crippen molar-refractivity contribution in [1.82, 2.24) is 0 Å². The summed E-state index contributed by atoms with van der Waals surface area (Å²) >= 11 is 0.194. The molecule has 0 fully saturated rings. The minimum absolute atomic E-state index is 0.0766. The topological polar surface area (TPSA) is 124 Å². The van der Waals surface area contributed by atoms with Crippen molar-refractivity contribution >= 4 is 55.4 Å². The van der Waals surface area contributed by atoms with Gasteiger partial charge in [-0.25, -0.2) is 0 Å². The molecule has 0 spiro atoms. The zero-order valence-corrected chi connectivity index (χ0v) is 19.3. The molecule has 0 aliphatic heterocycles. The summed E-state index contributed by atoms with van der Waals surface area (Å²) < 4.78 is 5.58. The molecule has 32 heavy (non-hydrogen) atoms. The van der Waals surface area contributed by atoms with E-state index in [9.17, 15) is 20.2 Å². The summed E-state index contributed by atoms with van der Waals surface area (Å²) in [6.45, 7) is 3.98. The van der Waals surface area contributed by atoms with Gasteiger partial charge in [0.15, 0.2) is 0 Å². The number of rotatable bonds is 6. The van der Waals surface area contributed by atoms with Crippen molar-refractivity contribution in [1.29, 1.82) is 0 Å². The molecule has 2 aromatic carbocycles. The van der Waals surface area contributed by atoms with Crippen LogP contribution in [0.1, 0.15) is 22.6 Å². The molecule has 1 aromatic heterocycles. The Morgan fingerprint density at radius 3 is 1.62 bits per heavy atom. The van der Waals surface area contributed by atoms with Crippen LogP contribution in [0, 0.1) is 34.1 Å². The van der Waals surface area contributed by atoms with Gasteiger partial charge in [-0.2, -0.15) is 0 Å². The Morgan fingerprint density at radius 2 is 1.22 bits per heavy atom. The summed E-state index contributed by atoms with van der Waals surface area (Å²) in [5.41, 5.74) is 2.27. The predicted octanol–water partition coefficient (Wildman–Crippen LogP) is 6.59. The van der Waals surface area contributed by atoms with Crippen LogP contribution in [0.4, 0.5) is 22.7 Å². The van der Waals surface area contributed by atoms with Crippen LogP contribution in [0.25, 0.3) is 0 Å². The third-order valence-corrected chi connectivity index (χ3v) is 3.84. The Kier molecular flexibility index (Phi) is 9.55. The molecule has 3 rings (SSSR count). The van der Waals surface area contributed by atoms with Gasteiger partial charge in [0.2, 0.25) is 0 Å². The van der Waals surface area contributed by atoms with Crippen LogP contribution in [-0.4, -0.2) is 22.3 Å². The second-order valence-corrected chi connectivity index (χ2v) is 8.20. The molecule has 0 radical (unpaired) electrons. The standard InChI is InChI=1S/C20H16N4O5.2ClH.Fe/c1-13-5-14(2)7-15(6-13)21-11-19-3-4-20(29-19)12-22-16-8-17(23(25)26)10-18(9-16)24(27)28;;;/h3-12H,1-2H3;2*1H;/q;;;+2/p-2. The number of aliphatic imine (C=N–C) groups is 2. The van der Waals surface area contributed by atoms with Crippen molar-refractivity contribution in [2.24, 2.45) is 9.98 Å². The monoisotopic (exact) mass is 518 g/mol. The van der Waals surface area contributed by atoms with E-state index >= 15 is 0 Å². The van der Waals surface area contributed by atoms with E-state index in [0.717, 1.165) is 35.0 Å². The molecular formula is C20H16Cl2FeN4O5. The molecule has 0 N–H and O–H groups in total. The molecule has 0 amide bonds. The minimum atomic E-state index is -0.708. The molecule has 0 aliphatic rings. The molecule has 0 aliphatic carbocycles. The summed E-state index contributed by atoms with van der Waals surface area (Å²) in [7, 11) is 9.53. The van der Waals surface area contributed by atoms with Crippen molar-refractivity contribution in [3.63, 3.8) is 0 Å². The van der Waals surface area contributed by atoms with Crippen LogP contribution in [-0.2, 0) is 13.1 Å². The van der Waals surface area contributed by atoms with Gasteiger partial charge in [0.1, 0.15) is 11.5 Å². The van der Waals surface area contributed by atoms with Gasteiger partial charge in [-0.05, 0) is 49.2 Å². The van der Waals surface area contributed by atoms with Crippen molar-refractivity contribution in [3.8, 4) is 0 Å². The number of benzene rings is 2. The van der Waals surface area contributed by atoms with Crippen LogP contribution >= 0.6 is 20.2 Å². The van der Waals surface area contributed by atoms with Crippen molar-refractivity contribution < 1.29 is 27.4 Å². The molecule has 0 atom stereocenters. The first-order valence-electron chi connectivity index (χ1n) is 8.77. The first-order valence-corrected chi connectivity index (χ1v) is 11.8. The molecule has 12 heteroatoms. The second kappa shape index (κ2) is 12.1. The van der Waals surface area contributed by atoms with Gasteiger partial charge in [-0.15, -0.1) is 0 Å². The Morgan fingerprint density at radius 1 is 0.812 bits per heavy atom. The Balaban J connectivity index is 0.00000114. The summed E-state index contributed by atoms with van der Waals surface area (Å²) in [6.07, 6.45) is 2.90. The molecule has 0 saturated carbocycles. The fourth-order valence-electron chi connectivity index (χ4n) is 2.67. The van der Waals surface area contributed by atoms with E-state index in [4.69, 9.17) is 24.6 Å². The van der Waals surface area contributed by atoms with Gasteiger partial charge in [0.25, 0.3) is 11.4 Å². The zero-order valence-electron chi connectivity index (χ0n) is 16.7. The number of halogens is 2. The normalized spacial score (nSPS) is 11.0. The molecular weight excluding hydrogens is 503 g/mol. The molecule has 0 bridgehead atoms. The third-order valence-electron chi connectivity index (χ3n) is 3.84. The number of non-ortho nitro benzene ring substituents is 2. The third kappa shape index (κ3) is 7.90.